The van der Waals surface area contributed by atoms with Gasteiger partial charge in [-0.3, -0.25) is 14.4 Å². The number of rotatable bonds is 9. The molecule has 0 bridgehead atoms. The van der Waals surface area contributed by atoms with Crippen molar-refractivity contribution in [3.63, 3.8) is 0 Å². The van der Waals surface area contributed by atoms with Crippen molar-refractivity contribution in [2.75, 3.05) is 13.7 Å². The number of amides is 3. The predicted molar refractivity (Wildman–Crippen MR) is 126 cm³/mol. The van der Waals surface area contributed by atoms with Gasteiger partial charge in [0.05, 0.1) is 12.7 Å². The first-order valence-electron chi connectivity index (χ1n) is 11.0. The minimum Gasteiger partial charge on any atom is -0.497 e. The van der Waals surface area contributed by atoms with Crippen molar-refractivity contribution in [3.8, 4) is 5.75 Å². The van der Waals surface area contributed by atoms with Crippen LogP contribution in [0, 0.1) is 0 Å². The van der Waals surface area contributed by atoms with Crippen LogP contribution in [-0.2, 0) is 26.2 Å². The standard InChI is InChI=1S/C24H29N3O6S/c1-5-20(23(29)25-16(2)3)26(14-17-10-12-18(33-4)13-11-17)22(28)15-27-24(30)19-8-6-7-9-21(19)34(27,31)32/h6-13,16,20H,5,14-15H2,1-4H3,(H,25,29). The summed E-state index contributed by atoms with van der Waals surface area (Å²) in [4.78, 5) is 40.4. The zero-order chi connectivity index (χ0) is 25.0. The van der Waals surface area contributed by atoms with Crippen LogP contribution in [0.2, 0.25) is 0 Å². The van der Waals surface area contributed by atoms with Crippen LogP contribution < -0.4 is 10.1 Å². The molecule has 1 aliphatic heterocycles. The van der Waals surface area contributed by atoms with E-state index in [2.05, 4.69) is 5.32 Å². The molecule has 1 atom stereocenters. The number of hydrogen-bond acceptors (Lipinski definition) is 6. The van der Waals surface area contributed by atoms with E-state index < -0.39 is 34.4 Å². The summed E-state index contributed by atoms with van der Waals surface area (Å²) >= 11 is 0. The molecule has 0 saturated carbocycles. The summed E-state index contributed by atoms with van der Waals surface area (Å²) in [6.07, 6.45) is 0.307. The van der Waals surface area contributed by atoms with Gasteiger partial charge in [-0.1, -0.05) is 31.2 Å². The number of nitrogens with zero attached hydrogens (tertiary/aromatic N) is 2. The highest BCUT2D eigenvalue weighted by Gasteiger charge is 2.43. The van der Waals surface area contributed by atoms with E-state index in [9.17, 15) is 22.8 Å². The Kier molecular flexibility index (Phi) is 7.61. The number of fused-ring (bicyclic) bond motifs is 1. The van der Waals surface area contributed by atoms with Gasteiger partial charge in [-0.2, -0.15) is 0 Å². The number of sulfonamides is 1. The van der Waals surface area contributed by atoms with Crippen LogP contribution in [-0.4, -0.2) is 61.1 Å². The fourth-order valence-electron chi connectivity index (χ4n) is 3.83. The van der Waals surface area contributed by atoms with Crippen molar-refractivity contribution in [3.05, 3.63) is 59.7 Å². The van der Waals surface area contributed by atoms with Crippen molar-refractivity contribution in [1.82, 2.24) is 14.5 Å². The predicted octanol–water partition coefficient (Wildman–Crippen LogP) is 2.17. The van der Waals surface area contributed by atoms with Gasteiger partial charge in [0.1, 0.15) is 23.2 Å². The van der Waals surface area contributed by atoms with Gasteiger partial charge in [0.15, 0.2) is 0 Å². The Morgan fingerprint density at radius 1 is 1.09 bits per heavy atom. The Bertz CT molecular complexity index is 1180. The second kappa shape index (κ2) is 10.3. The Labute approximate surface area is 199 Å². The second-order valence-electron chi connectivity index (χ2n) is 8.27. The van der Waals surface area contributed by atoms with Crippen molar-refractivity contribution < 1.29 is 27.5 Å². The van der Waals surface area contributed by atoms with Crippen molar-refractivity contribution in [1.29, 1.82) is 0 Å². The monoisotopic (exact) mass is 487 g/mol. The maximum Gasteiger partial charge on any atom is 0.269 e. The highest BCUT2D eigenvalue weighted by atomic mass is 32.2. The average molecular weight is 488 g/mol. The first-order chi connectivity index (χ1) is 16.1. The summed E-state index contributed by atoms with van der Waals surface area (Å²) < 4.78 is 31.6. The van der Waals surface area contributed by atoms with E-state index in [-0.39, 0.29) is 29.0 Å². The molecule has 0 radical (unpaired) electrons. The maximum absolute atomic E-state index is 13.5. The largest absolute Gasteiger partial charge is 0.497 e. The summed E-state index contributed by atoms with van der Waals surface area (Å²) in [7, 11) is -2.62. The highest BCUT2D eigenvalue weighted by molar-refractivity contribution is 7.90. The molecule has 0 spiro atoms. The molecular formula is C24H29N3O6S. The summed E-state index contributed by atoms with van der Waals surface area (Å²) in [5, 5.41) is 2.81. The van der Waals surface area contributed by atoms with E-state index >= 15 is 0 Å². The summed E-state index contributed by atoms with van der Waals surface area (Å²) in [6.45, 7) is 4.76. The third kappa shape index (κ3) is 5.06. The van der Waals surface area contributed by atoms with Gasteiger partial charge >= 0.3 is 0 Å². The maximum atomic E-state index is 13.5. The van der Waals surface area contributed by atoms with Gasteiger partial charge < -0.3 is 15.0 Å². The van der Waals surface area contributed by atoms with Gasteiger partial charge in [-0.15, -0.1) is 0 Å². The molecule has 2 aromatic rings. The lowest BCUT2D eigenvalue weighted by Gasteiger charge is -2.32. The number of benzene rings is 2. The Balaban J connectivity index is 1.92. The van der Waals surface area contributed by atoms with Crippen LogP contribution in [0.3, 0.4) is 0 Å². The molecule has 10 heteroatoms. The first-order valence-corrected chi connectivity index (χ1v) is 12.4. The second-order valence-corrected chi connectivity index (χ2v) is 10.1. The molecule has 2 aromatic carbocycles. The minimum absolute atomic E-state index is 0.0293. The molecule has 1 heterocycles. The van der Waals surface area contributed by atoms with Crippen molar-refractivity contribution in [2.24, 2.45) is 0 Å². The summed E-state index contributed by atoms with van der Waals surface area (Å²) in [5.41, 5.74) is 0.755. The van der Waals surface area contributed by atoms with E-state index in [1.165, 1.54) is 23.1 Å². The molecule has 9 nitrogen and oxygen atoms in total. The van der Waals surface area contributed by atoms with E-state index in [1.807, 2.05) is 13.8 Å². The van der Waals surface area contributed by atoms with E-state index in [1.54, 1.807) is 44.4 Å². The Morgan fingerprint density at radius 2 is 1.74 bits per heavy atom. The fraction of sp³-hybridized carbons (Fsp3) is 0.375. The Morgan fingerprint density at radius 3 is 2.29 bits per heavy atom. The van der Waals surface area contributed by atoms with Crippen LogP contribution in [0.15, 0.2) is 53.4 Å². The van der Waals surface area contributed by atoms with E-state index in [0.717, 1.165) is 5.56 Å². The van der Waals surface area contributed by atoms with E-state index in [4.69, 9.17) is 4.74 Å². The number of methoxy groups -OCH3 is 1. The zero-order valence-corrected chi connectivity index (χ0v) is 20.5. The first kappa shape index (κ1) is 25.2. The van der Waals surface area contributed by atoms with Gasteiger partial charge in [-0.25, -0.2) is 12.7 Å². The lowest BCUT2D eigenvalue weighted by Crippen LogP contribution is -2.53. The van der Waals surface area contributed by atoms with Crippen LogP contribution in [0.1, 0.15) is 43.1 Å². The van der Waals surface area contributed by atoms with Gasteiger partial charge in [0.2, 0.25) is 11.8 Å². The van der Waals surface area contributed by atoms with Crippen molar-refractivity contribution >= 4 is 27.7 Å². The molecule has 1 unspecified atom stereocenters. The van der Waals surface area contributed by atoms with Crippen LogP contribution >= 0.6 is 0 Å². The molecule has 0 aliphatic carbocycles. The molecule has 3 amide bonds. The minimum atomic E-state index is -4.16. The lowest BCUT2D eigenvalue weighted by molar-refractivity contribution is -0.141. The molecule has 3 rings (SSSR count). The fourth-order valence-corrected chi connectivity index (χ4v) is 5.35. The average Bonchev–Trinajstić information content (AvgIpc) is 2.99. The van der Waals surface area contributed by atoms with Gasteiger partial charge in [0, 0.05) is 12.6 Å². The molecule has 0 aromatic heterocycles. The molecular weight excluding hydrogens is 458 g/mol. The number of nitrogens with one attached hydrogen (secondary N) is 1. The van der Waals surface area contributed by atoms with Crippen molar-refractivity contribution in [2.45, 2.75) is 50.7 Å². The Hall–Kier alpha value is -3.40. The number of hydrogen-bond donors (Lipinski definition) is 1. The van der Waals surface area contributed by atoms with Crippen LogP contribution in [0.25, 0.3) is 0 Å². The normalized spacial score (nSPS) is 15.1. The smallest absolute Gasteiger partial charge is 0.269 e. The third-order valence-corrected chi connectivity index (χ3v) is 7.31. The molecule has 1 aliphatic rings. The van der Waals surface area contributed by atoms with Crippen LogP contribution in [0.4, 0.5) is 0 Å². The third-order valence-electron chi connectivity index (χ3n) is 5.52. The van der Waals surface area contributed by atoms with Gasteiger partial charge in [0.25, 0.3) is 15.9 Å². The highest BCUT2D eigenvalue weighted by Crippen LogP contribution is 2.30. The zero-order valence-electron chi connectivity index (χ0n) is 19.6. The molecule has 0 fully saturated rings. The molecule has 34 heavy (non-hydrogen) atoms. The topological polar surface area (TPSA) is 113 Å². The molecule has 182 valence electrons. The number of carbonyl (C=O) groups is 3. The number of ether oxygens (including phenoxy) is 1. The number of carbonyl (C=O) groups excluding carboxylic acids is 3. The van der Waals surface area contributed by atoms with Gasteiger partial charge in [-0.05, 0) is 50.1 Å². The lowest BCUT2D eigenvalue weighted by atomic mass is 10.1. The summed E-state index contributed by atoms with van der Waals surface area (Å²) in [5.74, 6) is -1.12. The quantitative estimate of drug-likeness (QED) is 0.580. The van der Waals surface area contributed by atoms with E-state index in [0.29, 0.717) is 16.5 Å². The molecule has 1 N–H and O–H groups in total. The van der Waals surface area contributed by atoms with Crippen LogP contribution in [0.5, 0.6) is 5.75 Å². The summed E-state index contributed by atoms with van der Waals surface area (Å²) in [6, 6.07) is 11.9. The molecule has 0 saturated heterocycles. The SMILES string of the molecule is CCC(C(=O)NC(C)C)N(Cc1ccc(OC)cc1)C(=O)CN1C(=O)c2ccccc2S1(=O)=O.